The zero-order valence-corrected chi connectivity index (χ0v) is 16.2. The van der Waals surface area contributed by atoms with Gasteiger partial charge >= 0.3 is 0 Å². The zero-order chi connectivity index (χ0) is 20.1. The van der Waals surface area contributed by atoms with Crippen molar-refractivity contribution in [2.24, 2.45) is 0 Å². The molecule has 1 aliphatic rings. The topological polar surface area (TPSA) is 74.8 Å². The van der Waals surface area contributed by atoms with E-state index in [4.69, 9.17) is 14.7 Å². The Labute approximate surface area is 171 Å². The minimum Gasteiger partial charge on any atom is -0.376 e. The molecule has 6 rings (SSSR count). The van der Waals surface area contributed by atoms with Crippen molar-refractivity contribution < 1.29 is 4.74 Å². The van der Waals surface area contributed by atoms with Crippen molar-refractivity contribution in [2.75, 3.05) is 6.61 Å². The van der Waals surface area contributed by atoms with Crippen LogP contribution in [0.4, 0.5) is 0 Å². The number of hydrogen-bond donors (Lipinski definition) is 0. The average molecular weight is 397 g/mol. The first-order valence-electron chi connectivity index (χ1n) is 10.1. The van der Waals surface area contributed by atoms with E-state index in [0.29, 0.717) is 28.7 Å². The third-order valence-electron chi connectivity index (χ3n) is 5.70. The molecular formula is C23H19N5O2. The van der Waals surface area contributed by atoms with Crippen LogP contribution in [0, 0.1) is 0 Å². The van der Waals surface area contributed by atoms with Gasteiger partial charge in [0, 0.05) is 6.61 Å². The van der Waals surface area contributed by atoms with Crippen molar-refractivity contribution in [3.8, 4) is 5.69 Å². The summed E-state index contributed by atoms with van der Waals surface area (Å²) in [6.45, 7) is 1.37. The van der Waals surface area contributed by atoms with Crippen molar-refractivity contribution in [1.29, 1.82) is 0 Å². The molecule has 148 valence electrons. The van der Waals surface area contributed by atoms with Crippen LogP contribution in [-0.4, -0.2) is 36.8 Å². The number of ether oxygens (including phenoxy) is 1. The SMILES string of the molecule is O=c1c2c3nc4ccccc4nc3n(C[C@@H]3CCCO3)c2ncn1-c1ccccc1. The summed E-state index contributed by atoms with van der Waals surface area (Å²) >= 11 is 0. The lowest BCUT2D eigenvalue weighted by molar-refractivity contribution is 0.0987. The predicted octanol–water partition coefficient (Wildman–Crippen LogP) is 3.46. The highest BCUT2D eigenvalue weighted by Gasteiger charge is 2.24. The molecule has 30 heavy (non-hydrogen) atoms. The maximum Gasteiger partial charge on any atom is 0.269 e. The van der Waals surface area contributed by atoms with Crippen LogP contribution in [0.1, 0.15) is 12.8 Å². The predicted molar refractivity (Wildman–Crippen MR) is 115 cm³/mol. The number of hydrogen-bond acceptors (Lipinski definition) is 5. The van der Waals surface area contributed by atoms with Gasteiger partial charge in [0.25, 0.3) is 5.56 Å². The fraction of sp³-hybridized carbons (Fsp3) is 0.217. The highest BCUT2D eigenvalue weighted by Crippen LogP contribution is 2.27. The molecule has 1 fully saturated rings. The molecular weight excluding hydrogens is 378 g/mol. The molecule has 2 aromatic carbocycles. The fourth-order valence-electron chi connectivity index (χ4n) is 4.24. The van der Waals surface area contributed by atoms with Crippen LogP contribution in [0.5, 0.6) is 0 Å². The minimum absolute atomic E-state index is 0.0930. The van der Waals surface area contributed by atoms with Crippen LogP contribution >= 0.6 is 0 Å². The Morgan fingerprint density at radius 1 is 0.967 bits per heavy atom. The first-order valence-corrected chi connectivity index (χ1v) is 10.1. The molecule has 0 unspecified atom stereocenters. The molecule has 1 aliphatic heterocycles. The summed E-state index contributed by atoms with van der Waals surface area (Å²) in [5.74, 6) is 0. The van der Waals surface area contributed by atoms with E-state index in [2.05, 4.69) is 4.98 Å². The highest BCUT2D eigenvalue weighted by molar-refractivity contribution is 6.04. The number of para-hydroxylation sites is 3. The monoisotopic (exact) mass is 397 g/mol. The molecule has 0 spiro atoms. The summed E-state index contributed by atoms with van der Waals surface area (Å²) in [5.41, 5.74) is 4.05. The first-order chi connectivity index (χ1) is 14.8. The smallest absolute Gasteiger partial charge is 0.269 e. The van der Waals surface area contributed by atoms with E-state index >= 15 is 0 Å². The van der Waals surface area contributed by atoms with E-state index in [-0.39, 0.29) is 11.7 Å². The Balaban J connectivity index is 1.69. The van der Waals surface area contributed by atoms with Crippen molar-refractivity contribution in [3.63, 3.8) is 0 Å². The maximum atomic E-state index is 13.5. The standard InChI is InChI=1S/C23H19N5O2/c29-23-19-20-22(26-18-11-5-4-10-17(18)25-20)27(13-16-9-6-12-30-16)21(19)24-14-28(23)15-7-2-1-3-8-15/h1-5,7-8,10-11,14,16H,6,9,12-13H2/t16-/m0/s1. The van der Waals surface area contributed by atoms with Gasteiger partial charge in [0.2, 0.25) is 0 Å². The molecule has 3 aromatic heterocycles. The Bertz CT molecular complexity index is 1450. The number of fused-ring (bicyclic) bond motifs is 4. The molecule has 0 amide bonds. The number of aromatic nitrogens is 5. The highest BCUT2D eigenvalue weighted by atomic mass is 16.5. The van der Waals surface area contributed by atoms with E-state index in [1.165, 1.54) is 0 Å². The summed E-state index contributed by atoms with van der Waals surface area (Å²) in [4.78, 5) is 27.9. The van der Waals surface area contributed by atoms with Crippen LogP contribution in [0.3, 0.4) is 0 Å². The lowest BCUT2D eigenvalue weighted by atomic mass is 10.2. The van der Waals surface area contributed by atoms with Crippen LogP contribution < -0.4 is 5.56 Å². The van der Waals surface area contributed by atoms with Gasteiger partial charge in [0.15, 0.2) is 11.3 Å². The molecule has 0 bridgehead atoms. The molecule has 5 aromatic rings. The van der Waals surface area contributed by atoms with E-state index in [0.717, 1.165) is 36.2 Å². The van der Waals surface area contributed by atoms with E-state index in [1.807, 2.05) is 59.2 Å². The Kier molecular flexibility index (Phi) is 3.89. The molecule has 7 nitrogen and oxygen atoms in total. The third-order valence-corrected chi connectivity index (χ3v) is 5.70. The van der Waals surface area contributed by atoms with Gasteiger partial charge in [0.1, 0.15) is 17.2 Å². The molecule has 7 heteroatoms. The Morgan fingerprint density at radius 2 is 1.73 bits per heavy atom. The Morgan fingerprint density at radius 3 is 2.50 bits per heavy atom. The van der Waals surface area contributed by atoms with Crippen molar-refractivity contribution >= 4 is 33.2 Å². The summed E-state index contributed by atoms with van der Waals surface area (Å²) in [5, 5.41) is 0.493. The molecule has 0 saturated carbocycles. The lowest BCUT2D eigenvalue weighted by Gasteiger charge is -2.12. The molecule has 0 aliphatic carbocycles. The zero-order valence-electron chi connectivity index (χ0n) is 16.2. The second-order valence-electron chi connectivity index (χ2n) is 7.58. The van der Waals surface area contributed by atoms with Gasteiger partial charge < -0.3 is 9.30 Å². The molecule has 4 heterocycles. The summed E-state index contributed by atoms with van der Waals surface area (Å²) in [6.07, 6.45) is 3.72. The largest absolute Gasteiger partial charge is 0.376 e. The van der Waals surface area contributed by atoms with Crippen LogP contribution in [-0.2, 0) is 11.3 Å². The van der Waals surface area contributed by atoms with Gasteiger partial charge in [-0.3, -0.25) is 9.36 Å². The van der Waals surface area contributed by atoms with Crippen molar-refractivity contribution in [3.05, 3.63) is 71.3 Å². The normalized spacial score (nSPS) is 16.7. The molecule has 0 N–H and O–H groups in total. The number of rotatable bonds is 3. The second-order valence-corrected chi connectivity index (χ2v) is 7.58. The van der Waals surface area contributed by atoms with Gasteiger partial charge in [0.05, 0.1) is 29.4 Å². The molecule has 1 saturated heterocycles. The second kappa shape index (κ2) is 6.74. The van der Waals surface area contributed by atoms with Crippen LogP contribution in [0.25, 0.3) is 38.9 Å². The first kappa shape index (κ1) is 17.3. The minimum atomic E-state index is -0.146. The van der Waals surface area contributed by atoms with Crippen molar-refractivity contribution in [1.82, 2.24) is 24.1 Å². The Hall–Kier alpha value is -3.58. The van der Waals surface area contributed by atoms with Gasteiger partial charge in [-0.05, 0) is 37.1 Å². The van der Waals surface area contributed by atoms with E-state index in [1.54, 1.807) is 10.9 Å². The van der Waals surface area contributed by atoms with Crippen molar-refractivity contribution in [2.45, 2.75) is 25.5 Å². The van der Waals surface area contributed by atoms with Gasteiger partial charge in [-0.1, -0.05) is 30.3 Å². The summed E-state index contributed by atoms with van der Waals surface area (Å²) in [6, 6.07) is 17.2. The van der Waals surface area contributed by atoms with E-state index < -0.39 is 0 Å². The third kappa shape index (κ3) is 2.63. The van der Waals surface area contributed by atoms with Crippen LogP contribution in [0.2, 0.25) is 0 Å². The number of benzene rings is 2. The van der Waals surface area contributed by atoms with Gasteiger partial charge in [-0.15, -0.1) is 0 Å². The summed E-state index contributed by atoms with van der Waals surface area (Å²) < 4.78 is 9.42. The van der Waals surface area contributed by atoms with Gasteiger partial charge in [-0.2, -0.15) is 0 Å². The maximum absolute atomic E-state index is 13.5. The average Bonchev–Trinajstić information content (AvgIpc) is 3.40. The fourth-order valence-corrected chi connectivity index (χ4v) is 4.24. The van der Waals surface area contributed by atoms with Crippen LogP contribution in [0.15, 0.2) is 65.7 Å². The summed E-state index contributed by atoms with van der Waals surface area (Å²) in [7, 11) is 0. The number of nitrogens with zero attached hydrogens (tertiary/aromatic N) is 5. The van der Waals surface area contributed by atoms with E-state index in [9.17, 15) is 4.79 Å². The lowest BCUT2D eigenvalue weighted by Crippen LogP contribution is -2.20. The van der Waals surface area contributed by atoms with Gasteiger partial charge in [-0.25, -0.2) is 15.0 Å². The quantitative estimate of drug-likeness (QED) is 0.466. The molecule has 1 atom stereocenters. The molecule has 0 radical (unpaired) electrons.